The van der Waals surface area contributed by atoms with Crippen LogP contribution >= 0.6 is 0 Å². The van der Waals surface area contributed by atoms with Crippen molar-refractivity contribution in [2.45, 2.75) is 25.5 Å². The van der Waals surface area contributed by atoms with Crippen LogP contribution in [0.3, 0.4) is 0 Å². The maximum Gasteiger partial charge on any atom is 0.322 e. The van der Waals surface area contributed by atoms with E-state index in [9.17, 15) is 9.59 Å². The van der Waals surface area contributed by atoms with Crippen LogP contribution in [0.15, 0.2) is 18.2 Å². The number of rotatable bonds is 5. The van der Waals surface area contributed by atoms with E-state index in [2.05, 4.69) is 20.8 Å². The van der Waals surface area contributed by atoms with E-state index in [-0.39, 0.29) is 11.8 Å². The number of carbonyl (C=O) groups is 2. The zero-order valence-corrected chi connectivity index (χ0v) is 15.6. The van der Waals surface area contributed by atoms with Crippen molar-refractivity contribution in [1.82, 2.24) is 25.1 Å². The molecular weight excluding hydrogens is 364 g/mol. The number of tetrazole rings is 1. The number of urea groups is 1. The molecule has 1 atom stereocenters. The predicted molar refractivity (Wildman–Crippen MR) is 98.1 cm³/mol. The second kappa shape index (κ2) is 8.03. The summed E-state index contributed by atoms with van der Waals surface area (Å²) in [7, 11) is 1.61. The summed E-state index contributed by atoms with van der Waals surface area (Å²) in [6.07, 6.45) is 0.862. The Hall–Kier alpha value is -2.85. The van der Waals surface area contributed by atoms with Crippen molar-refractivity contribution in [3.8, 4) is 0 Å². The van der Waals surface area contributed by atoms with Crippen LogP contribution in [-0.4, -0.2) is 70.3 Å². The lowest BCUT2D eigenvalue weighted by Gasteiger charge is -2.32. The lowest BCUT2D eigenvalue weighted by atomic mass is 10.1. The molecule has 4 rings (SSSR count). The van der Waals surface area contributed by atoms with Crippen LogP contribution in [0, 0.1) is 0 Å². The molecule has 2 heterocycles. The summed E-state index contributed by atoms with van der Waals surface area (Å²) in [4.78, 5) is 26.2. The molecule has 1 saturated heterocycles. The van der Waals surface area contributed by atoms with Gasteiger partial charge in [0.05, 0.1) is 26.3 Å². The van der Waals surface area contributed by atoms with Gasteiger partial charge in [-0.2, -0.15) is 0 Å². The predicted octanol–water partition coefficient (Wildman–Crippen LogP) is 1.05. The van der Waals surface area contributed by atoms with Crippen molar-refractivity contribution in [2.24, 2.45) is 0 Å². The summed E-state index contributed by atoms with van der Waals surface area (Å²) in [5.74, 6) is 0.737. The van der Waals surface area contributed by atoms with E-state index in [0.29, 0.717) is 50.8 Å². The van der Waals surface area contributed by atoms with Crippen LogP contribution in [0.5, 0.6) is 0 Å². The molecule has 2 aliphatic rings. The Morgan fingerprint density at radius 1 is 1.39 bits per heavy atom. The molecule has 1 fully saturated rings. The zero-order chi connectivity index (χ0) is 19.5. The lowest BCUT2D eigenvalue weighted by molar-refractivity contribution is -0.0209. The number of hydrogen-bond acceptors (Lipinski definition) is 7. The number of hydrogen-bond donors (Lipinski definition) is 1. The molecule has 0 spiro atoms. The standard InChI is InChI=1S/C18H22N6O4/c1-27-8-7-24-17(20-21-22-24)16-11-23(6-9-28-16)18(26)19-13-3-4-14-12(10-13)2-5-15(14)25/h3-4,10,16H,2,5-9,11H2,1H3,(H,19,26)/t16-/m1/s1. The maximum atomic E-state index is 12.7. The molecule has 1 N–H and O–H groups in total. The van der Waals surface area contributed by atoms with E-state index in [1.165, 1.54) is 0 Å². The van der Waals surface area contributed by atoms with Gasteiger partial charge in [0.1, 0.15) is 6.10 Å². The summed E-state index contributed by atoms with van der Waals surface area (Å²) >= 11 is 0. The van der Waals surface area contributed by atoms with E-state index < -0.39 is 6.10 Å². The van der Waals surface area contributed by atoms with Crippen molar-refractivity contribution in [2.75, 3.05) is 38.7 Å². The van der Waals surface area contributed by atoms with E-state index in [4.69, 9.17) is 9.47 Å². The quantitative estimate of drug-likeness (QED) is 0.817. The molecule has 1 aliphatic heterocycles. The molecule has 28 heavy (non-hydrogen) atoms. The molecule has 0 bridgehead atoms. The molecular formula is C18H22N6O4. The number of anilines is 1. The second-order valence-corrected chi connectivity index (χ2v) is 6.78. The van der Waals surface area contributed by atoms with E-state index >= 15 is 0 Å². The number of benzene rings is 1. The highest BCUT2D eigenvalue weighted by Gasteiger charge is 2.29. The van der Waals surface area contributed by atoms with Crippen LogP contribution < -0.4 is 5.32 Å². The topological polar surface area (TPSA) is 111 Å². The number of morpholine rings is 1. The van der Waals surface area contributed by atoms with Crippen molar-refractivity contribution in [1.29, 1.82) is 0 Å². The first-order chi connectivity index (χ1) is 13.7. The average molecular weight is 386 g/mol. The molecule has 2 aromatic rings. The monoisotopic (exact) mass is 386 g/mol. The number of aromatic nitrogens is 4. The highest BCUT2D eigenvalue weighted by atomic mass is 16.5. The number of Topliss-reactive ketones (excluding diaryl/α,β-unsaturated/α-hetero) is 1. The maximum absolute atomic E-state index is 12.7. The van der Waals surface area contributed by atoms with Crippen LogP contribution in [0.1, 0.15) is 34.3 Å². The fourth-order valence-electron chi connectivity index (χ4n) is 3.50. The third-order valence-electron chi connectivity index (χ3n) is 4.99. The number of amides is 2. The number of fused-ring (bicyclic) bond motifs is 1. The molecule has 2 amide bonds. The molecule has 1 aromatic heterocycles. The van der Waals surface area contributed by atoms with E-state index in [1.807, 2.05) is 6.07 Å². The van der Waals surface area contributed by atoms with Crippen LogP contribution in [0.4, 0.5) is 10.5 Å². The van der Waals surface area contributed by atoms with Crippen LogP contribution in [-0.2, 0) is 22.4 Å². The number of ether oxygens (including phenoxy) is 2. The highest BCUT2D eigenvalue weighted by molar-refractivity contribution is 6.01. The molecule has 0 unspecified atom stereocenters. The molecule has 0 radical (unpaired) electrons. The largest absolute Gasteiger partial charge is 0.383 e. The van der Waals surface area contributed by atoms with Gasteiger partial charge in [0, 0.05) is 31.3 Å². The molecule has 148 valence electrons. The van der Waals surface area contributed by atoms with Crippen LogP contribution in [0.25, 0.3) is 0 Å². The smallest absolute Gasteiger partial charge is 0.322 e. The Kier molecular flexibility index (Phi) is 5.31. The summed E-state index contributed by atoms with van der Waals surface area (Å²) in [6, 6.07) is 5.21. The van der Waals surface area contributed by atoms with E-state index in [1.54, 1.807) is 28.8 Å². The first kappa shape index (κ1) is 18.5. The molecule has 0 saturated carbocycles. The van der Waals surface area contributed by atoms with Gasteiger partial charge < -0.3 is 19.7 Å². The van der Waals surface area contributed by atoms with Gasteiger partial charge in [-0.3, -0.25) is 4.79 Å². The van der Waals surface area contributed by atoms with Gasteiger partial charge in [-0.15, -0.1) is 5.10 Å². The lowest BCUT2D eigenvalue weighted by Crippen LogP contribution is -2.45. The zero-order valence-electron chi connectivity index (χ0n) is 15.6. The normalized spacial score (nSPS) is 19.0. The summed E-state index contributed by atoms with van der Waals surface area (Å²) in [5.41, 5.74) is 2.43. The minimum absolute atomic E-state index is 0.162. The van der Waals surface area contributed by atoms with E-state index in [0.717, 1.165) is 17.5 Å². The number of nitrogens with zero attached hydrogens (tertiary/aromatic N) is 5. The molecule has 10 nitrogen and oxygen atoms in total. The number of nitrogens with one attached hydrogen (secondary N) is 1. The van der Waals surface area contributed by atoms with Crippen LogP contribution in [0.2, 0.25) is 0 Å². The van der Waals surface area contributed by atoms with Gasteiger partial charge in [-0.1, -0.05) is 0 Å². The Morgan fingerprint density at radius 2 is 2.29 bits per heavy atom. The number of aryl methyl sites for hydroxylation is 1. The highest BCUT2D eigenvalue weighted by Crippen LogP contribution is 2.26. The van der Waals surface area contributed by atoms with Crippen molar-refractivity contribution in [3.05, 3.63) is 35.2 Å². The van der Waals surface area contributed by atoms with Crippen molar-refractivity contribution >= 4 is 17.5 Å². The first-order valence-corrected chi connectivity index (χ1v) is 9.24. The Bertz CT molecular complexity index is 883. The third kappa shape index (κ3) is 3.73. The summed E-state index contributed by atoms with van der Waals surface area (Å²) < 4.78 is 12.5. The van der Waals surface area contributed by atoms with Crippen molar-refractivity contribution in [3.63, 3.8) is 0 Å². The Morgan fingerprint density at radius 3 is 3.14 bits per heavy atom. The minimum Gasteiger partial charge on any atom is -0.383 e. The number of methoxy groups -OCH3 is 1. The Labute approximate surface area is 161 Å². The van der Waals surface area contributed by atoms with Gasteiger partial charge in [0.25, 0.3) is 0 Å². The SMILES string of the molecule is COCCn1nnnc1[C@H]1CN(C(=O)Nc2ccc3c(c2)CCC3=O)CCO1. The number of ketones is 1. The average Bonchev–Trinajstić information content (AvgIpc) is 3.33. The fraction of sp³-hybridized carbons (Fsp3) is 0.500. The van der Waals surface area contributed by atoms with Gasteiger partial charge in [0.2, 0.25) is 0 Å². The minimum atomic E-state index is -0.399. The second-order valence-electron chi connectivity index (χ2n) is 6.78. The number of carbonyl (C=O) groups excluding carboxylic acids is 2. The van der Waals surface area contributed by atoms with Gasteiger partial charge in [0.15, 0.2) is 11.6 Å². The summed E-state index contributed by atoms with van der Waals surface area (Å²) in [5, 5.41) is 14.6. The van der Waals surface area contributed by atoms with Gasteiger partial charge in [-0.05, 0) is 40.6 Å². The van der Waals surface area contributed by atoms with Gasteiger partial charge in [-0.25, -0.2) is 9.48 Å². The molecule has 1 aliphatic carbocycles. The van der Waals surface area contributed by atoms with Crippen molar-refractivity contribution < 1.29 is 19.1 Å². The third-order valence-corrected chi connectivity index (χ3v) is 4.99. The first-order valence-electron chi connectivity index (χ1n) is 9.24. The Balaban J connectivity index is 1.41. The van der Waals surface area contributed by atoms with Gasteiger partial charge >= 0.3 is 6.03 Å². The fourth-order valence-corrected chi connectivity index (χ4v) is 3.50. The summed E-state index contributed by atoms with van der Waals surface area (Å²) in [6.45, 7) is 2.22. The molecule has 10 heteroatoms. The molecule has 1 aromatic carbocycles.